The number of carbonyl (C=O) groups is 4. The minimum atomic E-state index is -0.506. The van der Waals surface area contributed by atoms with Crippen LogP contribution in [0.1, 0.15) is 28.8 Å². The van der Waals surface area contributed by atoms with Gasteiger partial charge in [-0.1, -0.05) is 35.9 Å². The highest BCUT2D eigenvalue weighted by Crippen LogP contribution is 2.32. The van der Waals surface area contributed by atoms with E-state index in [0.29, 0.717) is 24.3 Å². The molecule has 0 aliphatic carbocycles. The number of nitrogens with zero attached hydrogens (tertiary/aromatic N) is 2. The molecule has 0 radical (unpaired) electrons. The Kier molecular flexibility index (Phi) is 7.29. The summed E-state index contributed by atoms with van der Waals surface area (Å²) >= 11 is 2.43. The lowest BCUT2D eigenvalue weighted by Crippen LogP contribution is -2.48. The number of hydrogen-bond acceptors (Lipinski definition) is 6. The van der Waals surface area contributed by atoms with Crippen LogP contribution in [0.4, 0.5) is 4.79 Å². The lowest BCUT2D eigenvalue weighted by atomic mass is 10.1. The van der Waals surface area contributed by atoms with Crippen LogP contribution < -0.4 is 5.32 Å². The lowest BCUT2D eigenvalue weighted by molar-refractivity contribution is -0.137. The van der Waals surface area contributed by atoms with Gasteiger partial charge in [-0.05, 0) is 54.6 Å². The molecule has 2 aromatic rings. The third-order valence-electron chi connectivity index (χ3n) is 5.66. The second-order valence-electron chi connectivity index (χ2n) is 8.04. The van der Waals surface area contributed by atoms with E-state index in [1.165, 1.54) is 11.3 Å². The van der Waals surface area contributed by atoms with Gasteiger partial charge in [0, 0.05) is 24.5 Å². The number of amides is 4. The average Bonchev–Trinajstić information content (AvgIpc) is 3.53. The Morgan fingerprint density at radius 3 is 2.70 bits per heavy atom. The van der Waals surface area contributed by atoms with E-state index in [9.17, 15) is 19.2 Å². The van der Waals surface area contributed by atoms with Crippen molar-refractivity contribution in [1.82, 2.24) is 15.1 Å². The first-order valence-electron chi connectivity index (χ1n) is 10.8. The monoisotopic (exact) mass is 483 g/mol. The van der Waals surface area contributed by atoms with Crippen molar-refractivity contribution in [2.75, 3.05) is 19.6 Å². The predicted molar refractivity (Wildman–Crippen MR) is 130 cm³/mol. The molecule has 1 N–H and O–H groups in total. The SMILES string of the molecule is Cc1ccc(/C=C2\SC(=O)N(CCNC(=O)C3CCCN3C(=O)Cc3cccs3)C2=O)cc1. The Hall–Kier alpha value is -2.91. The second kappa shape index (κ2) is 10.4. The number of imide groups is 1. The third kappa shape index (κ3) is 5.54. The number of benzene rings is 1. The zero-order valence-corrected chi connectivity index (χ0v) is 19.9. The van der Waals surface area contributed by atoms with E-state index in [-0.39, 0.29) is 36.1 Å². The summed E-state index contributed by atoms with van der Waals surface area (Å²) in [6, 6.07) is 11.0. The molecule has 9 heteroatoms. The molecule has 0 spiro atoms. The fraction of sp³-hybridized carbons (Fsp3) is 0.333. The summed E-state index contributed by atoms with van der Waals surface area (Å²) in [5, 5.41) is 4.38. The van der Waals surface area contributed by atoms with Crippen LogP contribution in [-0.2, 0) is 20.8 Å². The van der Waals surface area contributed by atoms with Crippen LogP contribution in [0, 0.1) is 6.92 Å². The Bertz CT molecular complexity index is 1080. The van der Waals surface area contributed by atoms with Gasteiger partial charge in [0.15, 0.2) is 0 Å². The molecule has 3 heterocycles. The Morgan fingerprint density at radius 1 is 1.18 bits per heavy atom. The van der Waals surface area contributed by atoms with Crippen molar-refractivity contribution in [3.63, 3.8) is 0 Å². The topological polar surface area (TPSA) is 86.8 Å². The molecule has 4 rings (SSSR count). The minimum absolute atomic E-state index is 0.0534. The van der Waals surface area contributed by atoms with Crippen molar-refractivity contribution in [2.24, 2.45) is 0 Å². The van der Waals surface area contributed by atoms with Crippen LogP contribution >= 0.6 is 23.1 Å². The van der Waals surface area contributed by atoms with Gasteiger partial charge in [0.25, 0.3) is 11.1 Å². The number of rotatable bonds is 7. The van der Waals surface area contributed by atoms with Gasteiger partial charge in [0.05, 0.1) is 11.3 Å². The van der Waals surface area contributed by atoms with Gasteiger partial charge in [0.2, 0.25) is 11.8 Å². The van der Waals surface area contributed by atoms with Crippen molar-refractivity contribution in [3.8, 4) is 0 Å². The van der Waals surface area contributed by atoms with E-state index in [1.54, 1.807) is 11.0 Å². The standard InChI is InChI=1S/C24H25N3O4S2/c1-16-6-8-17(9-7-16)14-20-23(30)27(24(31)33-20)12-10-25-22(29)19-5-2-11-26(19)21(28)15-18-4-3-13-32-18/h3-4,6-9,13-14,19H,2,5,10-12,15H2,1H3,(H,25,29)/b20-14-. The maximum atomic E-state index is 12.7. The molecule has 172 valence electrons. The predicted octanol–water partition coefficient (Wildman–Crippen LogP) is 3.44. The molecule has 7 nitrogen and oxygen atoms in total. The van der Waals surface area contributed by atoms with Crippen molar-refractivity contribution in [2.45, 2.75) is 32.2 Å². The van der Waals surface area contributed by atoms with E-state index in [4.69, 9.17) is 0 Å². The molecule has 1 atom stereocenters. The molecule has 1 aromatic carbocycles. The van der Waals surface area contributed by atoms with Crippen molar-refractivity contribution >= 4 is 52.1 Å². The summed E-state index contributed by atoms with van der Waals surface area (Å²) < 4.78 is 0. The number of nitrogens with one attached hydrogen (secondary N) is 1. The first-order chi connectivity index (χ1) is 15.9. The van der Waals surface area contributed by atoms with Gasteiger partial charge in [-0.25, -0.2) is 0 Å². The zero-order valence-electron chi connectivity index (χ0n) is 18.3. The smallest absolute Gasteiger partial charge is 0.293 e. The minimum Gasteiger partial charge on any atom is -0.353 e. The van der Waals surface area contributed by atoms with Crippen LogP contribution in [0.5, 0.6) is 0 Å². The Balaban J connectivity index is 1.29. The maximum absolute atomic E-state index is 12.7. The highest BCUT2D eigenvalue weighted by atomic mass is 32.2. The van der Waals surface area contributed by atoms with Crippen LogP contribution in [0.25, 0.3) is 6.08 Å². The van der Waals surface area contributed by atoms with Crippen molar-refractivity contribution in [1.29, 1.82) is 0 Å². The highest BCUT2D eigenvalue weighted by Gasteiger charge is 2.36. The number of hydrogen-bond donors (Lipinski definition) is 1. The summed E-state index contributed by atoms with van der Waals surface area (Å²) in [5.74, 6) is -0.648. The fourth-order valence-corrected chi connectivity index (χ4v) is 5.48. The number of thioether (sulfide) groups is 1. The van der Waals surface area contributed by atoms with Gasteiger partial charge in [-0.15, -0.1) is 11.3 Å². The highest BCUT2D eigenvalue weighted by molar-refractivity contribution is 8.18. The summed E-state index contributed by atoms with van der Waals surface area (Å²) in [6.45, 7) is 2.79. The second-order valence-corrected chi connectivity index (χ2v) is 10.1. The molecule has 2 aliphatic rings. The number of likely N-dealkylation sites (tertiary alicyclic amines) is 1. The van der Waals surface area contributed by atoms with E-state index in [0.717, 1.165) is 39.1 Å². The van der Waals surface area contributed by atoms with Gasteiger partial charge in [0.1, 0.15) is 6.04 Å². The summed E-state index contributed by atoms with van der Waals surface area (Å²) in [6.07, 6.45) is 3.40. The molecular formula is C24H25N3O4S2. The normalized spacial score (nSPS) is 19.5. The molecular weight excluding hydrogens is 458 g/mol. The van der Waals surface area contributed by atoms with E-state index in [1.807, 2.05) is 48.7 Å². The summed E-state index contributed by atoms with van der Waals surface area (Å²) in [4.78, 5) is 54.5. The molecule has 2 fully saturated rings. The van der Waals surface area contributed by atoms with Crippen LogP contribution in [0.2, 0.25) is 0 Å². The van der Waals surface area contributed by atoms with Gasteiger partial charge >= 0.3 is 0 Å². The molecule has 1 unspecified atom stereocenters. The average molecular weight is 484 g/mol. The van der Waals surface area contributed by atoms with E-state index in [2.05, 4.69) is 5.32 Å². The Morgan fingerprint density at radius 2 is 1.97 bits per heavy atom. The first-order valence-corrected chi connectivity index (χ1v) is 12.5. The van der Waals surface area contributed by atoms with Crippen LogP contribution in [0.15, 0.2) is 46.7 Å². The summed E-state index contributed by atoms with van der Waals surface area (Å²) in [7, 11) is 0. The molecule has 2 aliphatic heterocycles. The fourth-order valence-electron chi connectivity index (χ4n) is 3.92. The molecule has 0 saturated carbocycles. The van der Waals surface area contributed by atoms with Crippen molar-refractivity contribution in [3.05, 3.63) is 62.7 Å². The zero-order chi connectivity index (χ0) is 23.4. The maximum Gasteiger partial charge on any atom is 0.293 e. The molecule has 4 amide bonds. The quantitative estimate of drug-likeness (QED) is 0.610. The first kappa shape index (κ1) is 23.3. The Labute approximate surface area is 200 Å². The number of carbonyl (C=O) groups excluding carboxylic acids is 4. The van der Waals surface area contributed by atoms with Gasteiger partial charge in [-0.3, -0.25) is 24.1 Å². The van der Waals surface area contributed by atoms with E-state index < -0.39 is 6.04 Å². The summed E-state index contributed by atoms with van der Waals surface area (Å²) in [5.41, 5.74) is 1.97. The third-order valence-corrected chi connectivity index (χ3v) is 7.45. The van der Waals surface area contributed by atoms with Crippen molar-refractivity contribution < 1.29 is 19.2 Å². The number of thiophene rings is 1. The van der Waals surface area contributed by atoms with Gasteiger partial charge < -0.3 is 10.2 Å². The molecule has 33 heavy (non-hydrogen) atoms. The number of aryl methyl sites for hydroxylation is 1. The molecule has 1 aromatic heterocycles. The van der Waals surface area contributed by atoms with Gasteiger partial charge in [-0.2, -0.15) is 0 Å². The van der Waals surface area contributed by atoms with Crippen LogP contribution in [-0.4, -0.2) is 58.4 Å². The lowest BCUT2D eigenvalue weighted by Gasteiger charge is -2.24. The van der Waals surface area contributed by atoms with E-state index >= 15 is 0 Å². The largest absolute Gasteiger partial charge is 0.353 e. The molecule has 2 saturated heterocycles. The molecule has 0 bridgehead atoms. The van der Waals surface area contributed by atoms with Crippen LogP contribution in [0.3, 0.4) is 0 Å².